The highest BCUT2D eigenvalue weighted by molar-refractivity contribution is 5.76. The van der Waals surface area contributed by atoms with Gasteiger partial charge in [0.15, 0.2) is 11.2 Å². The lowest BCUT2D eigenvalue weighted by atomic mass is 9.91. The van der Waals surface area contributed by atoms with Crippen LogP contribution in [-0.2, 0) is 32.0 Å². The van der Waals surface area contributed by atoms with Crippen LogP contribution in [0.4, 0.5) is 0 Å². The molecule has 3 aromatic rings. The Morgan fingerprint density at radius 3 is 2.46 bits per heavy atom. The number of imidazole rings is 1. The Hall–Kier alpha value is -3.28. The number of nitrogens with zero attached hydrogens (tertiary/aromatic N) is 6. The molecule has 2 aliphatic heterocycles. The van der Waals surface area contributed by atoms with E-state index in [1.165, 1.54) is 36.1 Å². The molecule has 4 heterocycles. The van der Waals surface area contributed by atoms with Crippen LogP contribution in [0.15, 0.2) is 40.2 Å². The van der Waals surface area contributed by atoms with Crippen LogP contribution >= 0.6 is 0 Å². The Morgan fingerprint density at radius 1 is 1.11 bits per heavy atom. The Balaban J connectivity index is 1.35. The third-order valence-electron chi connectivity index (χ3n) is 7.82. The summed E-state index contributed by atoms with van der Waals surface area (Å²) in [5.41, 5.74) is 0.578. The minimum Gasteiger partial charge on any atom is -0.391 e. The first-order valence-electron chi connectivity index (χ1n) is 12.7. The summed E-state index contributed by atoms with van der Waals surface area (Å²) in [7, 11) is 2.93. The molecule has 1 aromatic carbocycles. The van der Waals surface area contributed by atoms with Gasteiger partial charge in [0.05, 0.1) is 24.1 Å². The Bertz CT molecular complexity index is 1430. The lowest BCUT2D eigenvalue weighted by Gasteiger charge is -2.34. The molecule has 1 fully saturated rings. The summed E-state index contributed by atoms with van der Waals surface area (Å²) in [6.45, 7) is 4.34. The van der Waals surface area contributed by atoms with Crippen LogP contribution in [-0.4, -0.2) is 75.9 Å². The lowest BCUT2D eigenvalue weighted by Crippen LogP contribution is -2.44. The van der Waals surface area contributed by atoms with Crippen molar-refractivity contribution < 1.29 is 15.0 Å². The molecule has 11 heteroatoms. The van der Waals surface area contributed by atoms with E-state index < -0.39 is 29.0 Å². The number of aliphatic hydroxyl groups is 2. The molecule has 0 radical (unpaired) electrons. The highest BCUT2D eigenvalue weighted by Crippen LogP contribution is 2.33. The van der Waals surface area contributed by atoms with Crippen molar-refractivity contribution in [1.29, 1.82) is 0 Å². The molecule has 37 heavy (non-hydrogen) atoms. The SMILES string of the molecule is Cn1c(=O)c2c(ncn2[C@H]2CN(C(=O)CCCN3Cc4ccccc4C3)C[C@H](O)C[C@]2(C)O)n(C)c1=O. The van der Waals surface area contributed by atoms with Crippen LogP contribution in [0.25, 0.3) is 11.2 Å². The maximum atomic E-state index is 13.3. The van der Waals surface area contributed by atoms with Crippen molar-refractivity contribution in [2.75, 3.05) is 19.6 Å². The Labute approximate surface area is 214 Å². The maximum Gasteiger partial charge on any atom is 0.332 e. The minimum absolute atomic E-state index is 0.0270. The van der Waals surface area contributed by atoms with Crippen molar-refractivity contribution in [2.45, 2.75) is 57.0 Å². The van der Waals surface area contributed by atoms with Gasteiger partial charge in [-0.05, 0) is 31.0 Å². The number of aromatic nitrogens is 4. The highest BCUT2D eigenvalue weighted by Gasteiger charge is 2.42. The van der Waals surface area contributed by atoms with E-state index in [9.17, 15) is 24.6 Å². The Kier molecular flexibility index (Phi) is 6.55. The van der Waals surface area contributed by atoms with Crippen molar-refractivity contribution in [3.63, 3.8) is 0 Å². The van der Waals surface area contributed by atoms with Gasteiger partial charge in [-0.15, -0.1) is 0 Å². The smallest absolute Gasteiger partial charge is 0.332 e. The van der Waals surface area contributed by atoms with Gasteiger partial charge in [0.1, 0.15) is 0 Å². The molecule has 0 spiro atoms. The normalized spacial score (nSPS) is 24.4. The van der Waals surface area contributed by atoms with Gasteiger partial charge in [-0.2, -0.15) is 0 Å². The van der Waals surface area contributed by atoms with Gasteiger partial charge in [-0.25, -0.2) is 9.78 Å². The van der Waals surface area contributed by atoms with E-state index >= 15 is 0 Å². The zero-order chi connectivity index (χ0) is 26.5. The second kappa shape index (κ2) is 9.55. The average Bonchev–Trinajstić information content (AvgIpc) is 3.44. The zero-order valence-corrected chi connectivity index (χ0v) is 21.5. The number of aliphatic hydroxyl groups excluding tert-OH is 1. The number of amides is 1. The van der Waals surface area contributed by atoms with E-state index in [2.05, 4.69) is 22.0 Å². The zero-order valence-electron chi connectivity index (χ0n) is 21.5. The number of hydrogen-bond acceptors (Lipinski definition) is 7. The maximum absolute atomic E-state index is 13.3. The summed E-state index contributed by atoms with van der Waals surface area (Å²) in [6.07, 6.45) is 1.53. The number of rotatable bonds is 5. The molecule has 1 saturated heterocycles. The predicted molar refractivity (Wildman–Crippen MR) is 137 cm³/mol. The quantitative estimate of drug-likeness (QED) is 0.499. The average molecular weight is 511 g/mol. The van der Waals surface area contributed by atoms with Crippen LogP contribution in [0.1, 0.15) is 43.4 Å². The first kappa shape index (κ1) is 25.4. The van der Waals surface area contributed by atoms with Crippen LogP contribution < -0.4 is 11.2 Å². The summed E-state index contributed by atoms with van der Waals surface area (Å²) in [6, 6.07) is 7.62. The van der Waals surface area contributed by atoms with Crippen molar-refractivity contribution >= 4 is 17.1 Å². The minimum atomic E-state index is -1.43. The van der Waals surface area contributed by atoms with Crippen molar-refractivity contribution in [3.8, 4) is 0 Å². The fourth-order valence-corrected chi connectivity index (χ4v) is 5.78. The van der Waals surface area contributed by atoms with E-state index in [4.69, 9.17) is 0 Å². The van der Waals surface area contributed by atoms with E-state index in [0.29, 0.717) is 12.8 Å². The number of hydrogen-bond donors (Lipinski definition) is 2. The van der Waals surface area contributed by atoms with Crippen molar-refractivity contribution in [2.24, 2.45) is 14.1 Å². The second-order valence-corrected chi connectivity index (χ2v) is 10.6. The fourth-order valence-electron chi connectivity index (χ4n) is 5.78. The van der Waals surface area contributed by atoms with Gasteiger partial charge < -0.3 is 19.7 Å². The van der Waals surface area contributed by atoms with Gasteiger partial charge in [-0.3, -0.25) is 23.6 Å². The van der Waals surface area contributed by atoms with E-state index in [1.54, 1.807) is 16.4 Å². The summed E-state index contributed by atoms with van der Waals surface area (Å²) in [4.78, 5) is 46.8. The molecule has 0 unspecified atom stereocenters. The number of carbonyl (C=O) groups is 1. The molecule has 11 nitrogen and oxygen atoms in total. The molecule has 3 atom stereocenters. The first-order chi connectivity index (χ1) is 17.6. The molecular formula is C26H34N6O5. The number of likely N-dealkylation sites (tertiary alicyclic amines) is 1. The standard InChI is InChI=1S/C26H34N6O5/c1-26(37)11-19(33)14-31(21(34)9-6-10-30-12-17-7-4-5-8-18(17)13-30)15-20(26)32-16-27-23-22(32)24(35)29(3)25(36)28(23)2/h4-5,7-8,16,19-20,33,37H,6,9-15H2,1-3H3/t19-,20+,26+/m1/s1. The van der Waals surface area contributed by atoms with Gasteiger partial charge in [0.2, 0.25) is 5.91 Å². The van der Waals surface area contributed by atoms with Crippen LogP contribution in [0, 0.1) is 0 Å². The van der Waals surface area contributed by atoms with Crippen LogP contribution in [0.5, 0.6) is 0 Å². The molecular weight excluding hydrogens is 476 g/mol. The predicted octanol–water partition coefficient (Wildman–Crippen LogP) is 0.115. The third kappa shape index (κ3) is 4.62. The molecule has 0 saturated carbocycles. The van der Waals surface area contributed by atoms with Gasteiger partial charge in [0.25, 0.3) is 5.56 Å². The monoisotopic (exact) mass is 510 g/mol. The lowest BCUT2D eigenvalue weighted by molar-refractivity contribution is -0.133. The van der Waals surface area contributed by atoms with Gasteiger partial charge >= 0.3 is 5.69 Å². The summed E-state index contributed by atoms with van der Waals surface area (Å²) >= 11 is 0. The molecule has 0 aliphatic carbocycles. The molecule has 0 bridgehead atoms. The van der Waals surface area contributed by atoms with Gasteiger partial charge in [0, 0.05) is 53.1 Å². The van der Waals surface area contributed by atoms with Crippen LogP contribution in [0.3, 0.4) is 0 Å². The molecule has 2 aromatic heterocycles. The van der Waals surface area contributed by atoms with Crippen molar-refractivity contribution in [1.82, 2.24) is 28.5 Å². The number of fused-ring (bicyclic) bond motifs is 2. The first-order valence-corrected chi connectivity index (χ1v) is 12.7. The summed E-state index contributed by atoms with van der Waals surface area (Å²) in [5.74, 6) is -0.108. The number of aryl methyl sites for hydroxylation is 1. The number of β-amino-alcohol motifs (C(OH)–C–C–N with tert-alkyl or cyclic N) is 1. The third-order valence-corrected chi connectivity index (χ3v) is 7.82. The summed E-state index contributed by atoms with van der Waals surface area (Å²) in [5, 5.41) is 22.0. The molecule has 198 valence electrons. The second-order valence-electron chi connectivity index (χ2n) is 10.6. The number of benzene rings is 1. The van der Waals surface area contributed by atoms with Crippen molar-refractivity contribution in [3.05, 3.63) is 62.6 Å². The highest BCUT2D eigenvalue weighted by atomic mass is 16.3. The van der Waals surface area contributed by atoms with Gasteiger partial charge in [-0.1, -0.05) is 24.3 Å². The topological polar surface area (TPSA) is 126 Å². The van der Waals surface area contributed by atoms with E-state index in [0.717, 1.165) is 24.2 Å². The van der Waals surface area contributed by atoms with Crippen LogP contribution in [0.2, 0.25) is 0 Å². The number of carbonyl (C=O) groups excluding carboxylic acids is 1. The molecule has 1 amide bonds. The Morgan fingerprint density at radius 2 is 1.78 bits per heavy atom. The molecule has 5 rings (SSSR count). The fraction of sp³-hybridized carbons (Fsp3) is 0.538. The largest absolute Gasteiger partial charge is 0.391 e. The summed E-state index contributed by atoms with van der Waals surface area (Å²) < 4.78 is 3.84. The van der Waals surface area contributed by atoms with E-state index in [1.807, 2.05) is 12.1 Å². The van der Waals surface area contributed by atoms with E-state index in [-0.39, 0.29) is 36.6 Å². The molecule has 2 aliphatic rings. The molecule has 2 N–H and O–H groups in total.